The van der Waals surface area contributed by atoms with E-state index in [1.807, 2.05) is 40.7 Å². The van der Waals surface area contributed by atoms with Gasteiger partial charge in [0.25, 0.3) is 0 Å². The second-order valence-electron chi connectivity index (χ2n) is 5.92. The molecule has 0 atom stereocenters. The molecule has 0 N–H and O–H groups in total. The molecule has 2 heterocycles. The first-order chi connectivity index (χ1) is 9.23. The molecule has 106 valence electrons. The first-order valence-electron chi connectivity index (χ1n) is 6.52. The summed E-state index contributed by atoms with van der Waals surface area (Å²) in [6.07, 6.45) is 1.62. The van der Waals surface area contributed by atoms with Crippen LogP contribution in [0.1, 0.15) is 39.0 Å². The second kappa shape index (κ2) is 4.76. The second-order valence-corrected chi connectivity index (χ2v) is 5.92. The molecule has 0 aliphatic carbocycles. The van der Waals surface area contributed by atoms with E-state index in [1.54, 1.807) is 6.20 Å². The van der Waals surface area contributed by atoms with Crippen molar-refractivity contribution < 1.29 is 14.0 Å². The molecule has 0 amide bonds. The van der Waals surface area contributed by atoms with Crippen LogP contribution in [0.3, 0.4) is 0 Å². The fourth-order valence-electron chi connectivity index (χ4n) is 2.14. The average Bonchev–Trinajstić information content (AvgIpc) is 2.57. The third-order valence-electron chi connectivity index (χ3n) is 4.14. The van der Waals surface area contributed by atoms with Crippen LogP contribution < -0.4 is 10.2 Å². The van der Waals surface area contributed by atoms with Gasteiger partial charge in [-0.1, -0.05) is 0 Å². The van der Waals surface area contributed by atoms with Gasteiger partial charge in [0, 0.05) is 11.7 Å². The SMILES string of the molecule is COc1c(C#N)ncc(B2OC(C)(C)C(C)(C)O2)c1C. The van der Waals surface area contributed by atoms with Crippen molar-refractivity contribution in [3.05, 3.63) is 17.5 Å². The summed E-state index contributed by atoms with van der Waals surface area (Å²) in [6.45, 7) is 9.86. The third-order valence-corrected chi connectivity index (χ3v) is 4.14. The van der Waals surface area contributed by atoms with E-state index in [-0.39, 0.29) is 5.69 Å². The number of ether oxygens (including phenoxy) is 1. The van der Waals surface area contributed by atoms with Crippen LogP contribution in [0.2, 0.25) is 0 Å². The summed E-state index contributed by atoms with van der Waals surface area (Å²) in [5, 5.41) is 9.04. The van der Waals surface area contributed by atoms with Crippen molar-refractivity contribution in [2.45, 2.75) is 45.8 Å². The molecular formula is C14H19BN2O3. The highest BCUT2D eigenvalue weighted by Crippen LogP contribution is 2.37. The Morgan fingerprint density at radius 2 is 1.80 bits per heavy atom. The highest BCUT2D eigenvalue weighted by Gasteiger charge is 2.52. The minimum Gasteiger partial charge on any atom is -0.493 e. The fourth-order valence-corrected chi connectivity index (χ4v) is 2.14. The molecule has 1 aromatic rings. The minimum atomic E-state index is -0.505. The molecule has 0 saturated carbocycles. The zero-order chi connectivity index (χ0) is 15.1. The summed E-state index contributed by atoms with van der Waals surface area (Å²) < 4.78 is 17.3. The molecule has 0 bridgehead atoms. The largest absolute Gasteiger partial charge is 0.496 e. The molecule has 0 unspecified atom stereocenters. The van der Waals surface area contributed by atoms with E-state index >= 15 is 0 Å². The van der Waals surface area contributed by atoms with Crippen LogP contribution in [0.5, 0.6) is 5.75 Å². The van der Waals surface area contributed by atoms with E-state index in [0.717, 1.165) is 11.0 Å². The van der Waals surface area contributed by atoms with Gasteiger partial charge in [0.05, 0.1) is 18.3 Å². The van der Waals surface area contributed by atoms with Crippen LogP contribution in [0.25, 0.3) is 0 Å². The number of hydrogen-bond donors (Lipinski definition) is 0. The van der Waals surface area contributed by atoms with Crippen LogP contribution in [-0.2, 0) is 9.31 Å². The number of hydrogen-bond acceptors (Lipinski definition) is 5. The summed E-state index contributed by atoms with van der Waals surface area (Å²) in [5.41, 5.74) is 1.05. The third kappa shape index (κ3) is 2.17. The van der Waals surface area contributed by atoms with Gasteiger partial charge in [-0.2, -0.15) is 5.26 Å². The van der Waals surface area contributed by atoms with Gasteiger partial charge >= 0.3 is 7.12 Å². The van der Waals surface area contributed by atoms with Gasteiger partial charge in [-0.3, -0.25) is 0 Å². The molecule has 20 heavy (non-hydrogen) atoms. The number of aromatic nitrogens is 1. The van der Waals surface area contributed by atoms with Crippen LogP contribution in [0.15, 0.2) is 6.20 Å². The Balaban J connectivity index is 2.44. The Bertz CT molecular complexity index is 563. The van der Waals surface area contributed by atoms with Crippen LogP contribution in [0, 0.1) is 18.3 Å². The molecule has 2 rings (SSSR count). The molecule has 5 nitrogen and oxygen atoms in total. The number of rotatable bonds is 2. The quantitative estimate of drug-likeness (QED) is 0.766. The lowest BCUT2D eigenvalue weighted by Crippen LogP contribution is -2.41. The topological polar surface area (TPSA) is 64.4 Å². The highest BCUT2D eigenvalue weighted by atomic mass is 16.7. The van der Waals surface area contributed by atoms with Crippen LogP contribution in [0.4, 0.5) is 0 Å². The zero-order valence-corrected chi connectivity index (χ0v) is 12.8. The normalized spacial score (nSPS) is 19.8. The van der Waals surface area contributed by atoms with E-state index in [0.29, 0.717) is 5.75 Å². The number of nitriles is 1. The van der Waals surface area contributed by atoms with Crippen molar-refractivity contribution in [3.8, 4) is 11.8 Å². The maximum Gasteiger partial charge on any atom is 0.496 e. The number of nitrogens with zero attached hydrogens (tertiary/aromatic N) is 2. The van der Waals surface area contributed by atoms with Crippen LogP contribution in [-0.4, -0.2) is 30.4 Å². The van der Waals surface area contributed by atoms with Crippen molar-refractivity contribution in [3.63, 3.8) is 0 Å². The maximum atomic E-state index is 9.04. The van der Waals surface area contributed by atoms with Gasteiger partial charge in [0.2, 0.25) is 0 Å². The summed E-state index contributed by atoms with van der Waals surface area (Å²) in [5.74, 6) is 0.472. The Morgan fingerprint density at radius 3 is 2.25 bits per heavy atom. The van der Waals surface area contributed by atoms with Crippen molar-refractivity contribution in [2.75, 3.05) is 7.11 Å². The molecule has 1 aliphatic heterocycles. The van der Waals surface area contributed by atoms with E-state index < -0.39 is 18.3 Å². The summed E-state index contributed by atoms with van der Waals surface area (Å²) in [6, 6.07) is 2.02. The summed E-state index contributed by atoms with van der Waals surface area (Å²) in [7, 11) is 1.02. The van der Waals surface area contributed by atoms with E-state index in [9.17, 15) is 0 Å². The van der Waals surface area contributed by atoms with Crippen molar-refractivity contribution in [2.24, 2.45) is 0 Å². The smallest absolute Gasteiger partial charge is 0.493 e. The molecule has 0 radical (unpaired) electrons. The highest BCUT2D eigenvalue weighted by molar-refractivity contribution is 6.62. The van der Waals surface area contributed by atoms with Gasteiger partial charge in [-0.15, -0.1) is 0 Å². The van der Waals surface area contributed by atoms with E-state index in [1.165, 1.54) is 7.11 Å². The van der Waals surface area contributed by atoms with Gasteiger partial charge in [-0.05, 0) is 40.2 Å². The van der Waals surface area contributed by atoms with E-state index in [4.69, 9.17) is 19.3 Å². The number of pyridine rings is 1. The lowest BCUT2D eigenvalue weighted by atomic mass is 9.77. The van der Waals surface area contributed by atoms with Gasteiger partial charge in [0.15, 0.2) is 11.4 Å². The summed E-state index contributed by atoms with van der Waals surface area (Å²) in [4.78, 5) is 4.12. The molecule has 1 aromatic heterocycles. The predicted molar refractivity (Wildman–Crippen MR) is 76.0 cm³/mol. The molecule has 1 fully saturated rings. The Kier molecular flexibility index (Phi) is 3.53. The van der Waals surface area contributed by atoms with Gasteiger partial charge in [0.1, 0.15) is 6.07 Å². The summed E-state index contributed by atoms with van der Waals surface area (Å²) >= 11 is 0. The molecule has 1 aliphatic rings. The van der Waals surface area contributed by atoms with E-state index in [2.05, 4.69) is 4.98 Å². The Hall–Kier alpha value is -1.58. The standard InChI is InChI=1S/C14H19BN2O3/c1-9-10(8-17-11(7-16)12(9)18-6)15-19-13(2,3)14(4,5)20-15/h8H,1-6H3. The molecule has 6 heteroatoms. The van der Waals surface area contributed by atoms with Crippen LogP contribution >= 0.6 is 0 Å². The molecule has 0 spiro atoms. The predicted octanol–water partition coefficient (Wildman–Crippen LogP) is 1.57. The fraction of sp³-hybridized carbons (Fsp3) is 0.571. The lowest BCUT2D eigenvalue weighted by Gasteiger charge is -2.32. The maximum absolute atomic E-state index is 9.04. The molecular weight excluding hydrogens is 255 g/mol. The molecule has 1 saturated heterocycles. The van der Waals surface area contributed by atoms with Crippen molar-refractivity contribution in [1.29, 1.82) is 5.26 Å². The van der Waals surface area contributed by atoms with Gasteiger partial charge in [-0.25, -0.2) is 4.98 Å². The first-order valence-corrected chi connectivity index (χ1v) is 6.52. The zero-order valence-electron chi connectivity index (χ0n) is 12.8. The minimum absolute atomic E-state index is 0.269. The first kappa shape index (κ1) is 14.8. The average molecular weight is 274 g/mol. The Labute approximate surface area is 120 Å². The lowest BCUT2D eigenvalue weighted by molar-refractivity contribution is 0.00578. The number of methoxy groups -OCH3 is 1. The van der Waals surface area contributed by atoms with Gasteiger partial charge < -0.3 is 14.0 Å². The monoisotopic (exact) mass is 274 g/mol. The van der Waals surface area contributed by atoms with Crippen molar-refractivity contribution >= 4 is 12.6 Å². The molecule has 0 aromatic carbocycles. The van der Waals surface area contributed by atoms with Crippen molar-refractivity contribution in [1.82, 2.24) is 4.98 Å². The Morgan fingerprint density at radius 1 is 1.25 bits per heavy atom.